The second-order valence-electron chi connectivity index (χ2n) is 8.06. The summed E-state index contributed by atoms with van der Waals surface area (Å²) in [6.07, 6.45) is 2.79. The molecule has 5 nitrogen and oxygen atoms in total. The van der Waals surface area contributed by atoms with Crippen molar-refractivity contribution in [2.75, 3.05) is 22.4 Å². The molecule has 0 aromatic heterocycles. The summed E-state index contributed by atoms with van der Waals surface area (Å²) in [6, 6.07) is 13.0. The molecule has 2 aromatic rings. The minimum atomic E-state index is -3.29. The van der Waals surface area contributed by atoms with Gasteiger partial charge < -0.3 is 5.32 Å². The number of anilines is 2. The lowest BCUT2D eigenvalue weighted by atomic mass is 9.87. The highest BCUT2D eigenvalue weighted by molar-refractivity contribution is 7.92. The first-order valence-corrected chi connectivity index (χ1v) is 10.9. The maximum absolute atomic E-state index is 12.5. The van der Waals surface area contributed by atoms with Crippen molar-refractivity contribution in [3.8, 4) is 0 Å². The summed E-state index contributed by atoms with van der Waals surface area (Å²) in [5, 5.41) is 2.91. The predicted octanol–water partition coefficient (Wildman–Crippen LogP) is 3.95. The zero-order valence-electron chi connectivity index (χ0n) is 16.2. The van der Waals surface area contributed by atoms with Crippen molar-refractivity contribution < 1.29 is 13.2 Å². The molecule has 2 aromatic carbocycles. The Kier molecular flexibility index (Phi) is 5.04. The number of amides is 1. The number of sulfonamides is 1. The quantitative estimate of drug-likeness (QED) is 0.869. The molecule has 144 valence electrons. The molecule has 1 aliphatic rings. The van der Waals surface area contributed by atoms with Crippen LogP contribution in [0.25, 0.3) is 0 Å². The number of nitrogens with one attached hydrogen (secondary N) is 1. The van der Waals surface area contributed by atoms with Crippen molar-refractivity contribution in [3.63, 3.8) is 0 Å². The zero-order chi connectivity index (χ0) is 19.8. The lowest BCUT2D eigenvalue weighted by Gasteiger charge is -2.29. The van der Waals surface area contributed by atoms with Gasteiger partial charge in [0.2, 0.25) is 10.0 Å². The van der Waals surface area contributed by atoms with E-state index in [0.29, 0.717) is 23.5 Å². The van der Waals surface area contributed by atoms with Gasteiger partial charge in [-0.25, -0.2) is 8.42 Å². The minimum absolute atomic E-state index is 0.0407. The molecule has 3 rings (SSSR count). The van der Waals surface area contributed by atoms with Crippen molar-refractivity contribution >= 4 is 27.3 Å². The third kappa shape index (κ3) is 4.33. The van der Waals surface area contributed by atoms with Crippen molar-refractivity contribution in [2.45, 2.75) is 39.0 Å². The molecule has 1 amide bonds. The number of aryl methyl sites for hydroxylation is 1. The van der Waals surface area contributed by atoms with Gasteiger partial charge in [0.15, 0.2) is 0 Å². The van der Waals surface area contributed by atoms with Crippen molar-refractivity contribution in [1.82, 2.24) is 0 Å². The molecule has 0 radical (unpaired) electrons. The lowest BCUT2D eigenvalue weighted by molar-refractivity contribution is 0.102. The number of fused-ring (bicyclic) bond motifs is 1. The van der Waals surface area contributed by atoms with E-state index < -0.39 is 10.0 Å². The normalized spacial score (nSPS) is 14.6. The van der Waals surface area contributed by atoms with Gasteiger partial charge in [0.1, 0.15) is 0 Å². The summed E-state index contributed by atoms with van der Waals surface area (Å²) in [4.78, 5) is 12.5. The molecule has 0 atom stereocenters. The van der Waals surface area contributed by atoms with Gasteiger partial charge in [-0.05, 0) is 59.7 Å². The Morgan fingerprint density at radius 1 is 1.07 bits per heavy atom. The molecule has 1 heterocycles. The van der Waals surface area contributed by atoms with Gasteiger partial charge in [-0.15, -0.1) is 0 Å². The molecule has 0 spiro atoms. The Balaban J connectivity index is 1.79. The molecule has 0 unspecified atom stereocenters. The van der Waals surface area contributed by atoms with E-state index in [1.54, 1.807) is 12.1 Å². The van der Waals surface area contributed by atoms with Crippen LogP contribution in [0.2, 0.25) is 0 Å². The Labute approximate surface area is 161 Å². The maximum Gasteiger partial charge on any atom is 0.255 e. The van der Waals surface area contributed by atoms with E-state index in [4.69, 9.17) is 0 Å². The molecule has 0 saturated carbocycles. The van der Waals surface area contributed by atoms with E-state index in [1.807, 2.05) is 30.3 Å². The fourth-order valence-corrected chi connectivity index (χ4v) is 4.31. The van der Waals surface area contributed by atoms with Crippen LogP contribution in [0, 0.1) is 0 Å². The van der Waals surface area contributed by atoms with Crippen LogP contribution in [-0.2, 0) is 21.9 Å². The van der Waals surface area contributed by atoms with E-state index in [2.05, 4.69) is 26.1 Å². The third-order valence-corrected chi connectivity index (χ3v) is 6.01. The van der Waals surface area contributed by atoms with E-state index in [1.165, 1.54) is 16.1 Å². The van der Waals surface area contributed by atoms with Crippen LogP contribution in [0.3, 0.4) is 0 Å². The van der Waals surface area contributed by atoms with Crippen LogP contribution in [0.15, 0.2) is 42.5 Å². The predicted molar refractivity (Wildman–Crippen MR) is 110 cm³/mol. The Morgan fingerprint density at radius 2 is 1.74 bits per heavy atom. The highest BCUT2D eigenvalue weighted by Crippen LogP contribution is 2.31. The number of benzene rings is 2. The van der Waals surface area contributed by atoms with E-state index in [0.717, 1.165) is 18.4 Å². The standard InChI is InChI=1S/C21H26N2O3S/c1-21(2,3)17-9-7-15(8-10-17)20(24)22-18-11-12-19-16(14-18)6-5-13-23(19)27(4,25)26/h7-12,14H,5-6,13H2,1-4H3,(H,22,24). The Bertz CT molecular complexity index is 958. The van der Waals surface area contributed by atoms with Crippen molar-refractivity contribution in [2.24, 2.45) is 0 Å². The van der Waals surface area contributed by atoms with E-state index in [9.17, 15) is 13.2 Å². The molecule has 1 N–H and O–H groups in total. The Morgan fingerprint density at radius 3 is 2.33 bits per heavy atom. The van der Waals surface area contributed by atoms with E-state index in [-0.39, 0.29) is 11.3 Å². The zero-order valence-corrected chi connectivity index (χ0v) is 17.1. The van der Waals surface area contributed by atoms with Gasteiger partial charge in [-0.2, -0.15) is 0 Å². The van der Waals surface area contributed by atoms with Gasteiger partial charge in [-0.3, -0.25) is 9.10 Å². The summed E-state index contributed by atoms with van der Waals surface area (Å²) in [5.41, 5.74) is 4.13. The summed E-state index contributed by atoms with van der Waals surface area (Å²) in [7, 11) is -3.29. The van der Waals surface area contributed by atoms with Crippen molar-refractivity contribution in [1.29, 1.82) is 0 Å². The fraction of sp³-hybridized carbons (Fsp3) is 0.381. The molecule has 6 heteroatoms. The number of rotatable bonds is 3. The molecule has 0 aliphatic carbocycles. The van der Waals surface area contributed by atoms with Gasteiger partial charge in [-0.1, -0.05) is 32.9 Å². The number of hydrogen-bond donors (Lipinski definition) is 1. The second kappa shape index (κ2) is 7.00. The van der Waals surface area contributed by atoms with Gasteiger partial charge >= 0.3 is 0 Å². The molecule has 0 fully saturated rings. The summed E-state index contributed by atoms with van der Waals surface area (Å²) >= 11 is 0. The monoisotopic (exact) mass is 386 g/mol. The maximum atomic E-state index is 12.5. The number of hydrogen-bond acceptors (Lipinski definition) is 3. The molecule has 1 aliphatic heterocycles. The number of carbonyl (C=O) groups is 1. The third-order valence-electron chi connectivity index (χ3n) is 4.83. The highest BCUT2D eigenvalue weighted by atomic mass is 32.2. The topological polar surface area (TPSA) is 66.5 Å². The van der Waals surface area contributed by atoms with Crippen LogP contribution in [0.5, 0.6) is 0 Å². The van der Waals surface area contributed by atoms with Crippen molar-refractivity contribution in [3.05, 3.63) is 59.2 Å². The average Bonchev–Trinajstić information content (AvgIpc) is 2.59. The van der Waals surface area contributed by atoms with Crippen LogP contribution >= 0.6 is 0 Å². The number of carbonyl (C=O) groups excluding carboxylic acids is 1. The van der Waals surface area contributed by atoms with Gasteiger partial charge in [0.25, 0.3) is 5.91 Å². The average molecular weight is 387 g/mol. The summed E-state index contributed by atoms with van der Waals surface area (Å²) in [6.45, 7) is 6.90. The first-order valence-electron chi connectivity index (χ1n) is 9.08. The largest absolute Gasteiger partial charge is 0.322 e. The minimum Gasteiger partial charge on any atom is -0.322 e. The van der Waals surface area contributed by atoms with Gasteiger partial charge in [0.05, 0.1) is 11.9 Å². The second-order valence-corrected chi connectivity index (χ2v) is 9.97. The van der Waals surface area contributed by atoms with Crippen LogP contribution < -0.4 is 9.62 Å². The highest BCUT2D eigenvalue weighted by Gasteiger charge is 2.24. The van der Waals surface area contributed by atoms with Crippen LogP contribution in [0.4, 0.5) is 11.4 Å². The van der Waals surface area contributed by atoms with Crippen LogP contribution in [0.1, 0.15) is 48.7 Å². The van der Waals surface area contributed by atoms with Crippen LogP contribution in [-0.4, -0.2) is 27.1 Å². The number of nitrogens with zero attached hydrogens (tertiary/aromatic N) is 1. The van der Waals surface area contributed by atoms with Gasteiger partial charge in [0, 0.05) is 17.8 Å². The fourth-order valence-electron chi connectivity index (χ4n) is 3.31. The SMILES string of the molecule is CC(C)(C)c1ccc(C(=O)Nc2ccc3c(c2)CCCN3S(C)(=O)=O)cc1. The lowest BCUT2D eigenvalue weighted by Crippen LogP contribution is -2.34. The molecule has 0 saturated heterocycles. The molecule has 27 heavy (non-hydrogen) atoms. The first-order chi connectivity index (χ1) is 12.6. The molecular weight excluding hydrogens is 360 g/mol. The molecule has 0 bridgehead atoms. The molecular formula is C21H26N2O3S. The summed E-state index contributed by atoms with van der Waals surface area (Å²) < 4.78 is 25.3. The first kappa shape index (κ1) is 19.4. The Hall–Kier alpha value is -2.34. The van der Waals surface area contributed by atoms with E-state index >= 15 is 0 Å². The smallest absolute Gasteiger partial charge is 0.255 e. The summed E-state index contributed by atoms with van der Waals surface area (Å²) in [5.74, 6) is -0.175.